The quantitative estimate of drug-likeness (QED) is 0.306. The van der Waals surface area contributed by atoms with Crippen LogP contribution in [0, 0.1) is 0 Å². The third-order valence-corrected chi connectivity index (χ3v) is 5.27. The van der Waals surface area contributed by atoms with Crippen LogP contribution in [-0.2, 0) is 34.6 Å². The summed E-state index contributed by atoms with van der Waals surface area (Å²) < 4.78 is 122. The highest BCUT2D eigenvalue weighted by molar-refractivity contribution is 5.57. The van der Waals surface area contributed by atoms with Gasteiger partial charge < -0.3 is 15.4 Å². The lowest BCUT2D eigenvalue weighted by Crippen LogP contribution is -2.33. The maximum absolute atomic E-state index is 13.1. The Labute approximate surface area is 207 Å². The van der Waals surface area contributed by atoms with E-state index in [1.807, 2.05) is 0 Å². The summed E-state index contributed by atoms with van der Waals surface area (Å²) in [5.74, 6) is 0. The number of fused-ring (bicyclic) bond motifs is 1. The molecular formula is C24H25F9N2O2. The van der Waals surface area contributed by atoms with Crippen LogP contribution in [0.4, 0.5) is 45.2 Å². The third kappa shape index (κ3) is 8.83. The number of anilines is 1. The van der Waals surface area contributed by atoms with E-state index >= 15 is 0 Å². The molecule has 37 heavy (non-hydrogen) atoms. The second-order valence-electron chi connectivity index (χ2n) is 8.71. The molecule has 1 aliphatic rings. The molecule has 0 radical (unpaired) electrons. The molecule has 4 nitrogen and oxygen atoms in total. The van der Waals surface area contributed by atoms with Crippen LogP contribution in [0.5, 0.6) is 0 Å². The minimum absolute atomic E-state index is 0.0288. The SMILES string of the molecule is CC(C)OC=O.CC1CC(NCc2cc(C(F)(F)F)cc(C(F)(F)F)c2)c2cc(C(F)(F)F)ccc2N1. The highest BCUT2D eigenvalue weighted by Gasteiger charge is 2.37. The standard InChI is InChI=1S/C20H17F9N2.C4H8O2/c1-10-4-17(15-8-12(18(21,22)23)2-3-16(15)31-10)30-9-11-5-13(19(24,25)26)7-14(6-11)20(27,28)29;1-4(2)6-3-5/h2-3,5-8,10,17,30-31H,4,9H2,1H3;3-4H,1-2H3. The maximum Gasteiger partial charge on any atom is 0.416 e. The van der Waals surface area contributed by atoms with E-state index in [9.17, 15) is 44.3 Å². The number of carbonyl (C=O) groups excluding carboxylic acids is 1. The van der Waals surface area contributed by atoms with Gasteiger partial charge in [-0.05, 0) is 74.7 Å². The molecule has 206 valence electrons. The van der Waals surface area contributed by atoms with Crippen LogP contribution in [0.25, 0.3) is 0 Å². The van der Waals surface area contributed by atoms with Gasteiger partial charge in [-0.15, -0.1) is 0 Å². The first-order valence-corrected chi connectivity index (χ1v) is 11.0. The molecule has 0 saturated heterocycles. The van der Waals surface area contributed by atoms with Gasteiger partial charge in [0, 0.05) is 24.3 Å². The molecule has 13 heteroatoms. The molecule has 0 aliphatic carbocycles. The Morgan fingerprint density at radius 2 is 1.46 bits per heavy atom. The van der Waals surface area contributed by atoms with Crippen molar-refractivity contribution in [3.63, 3.8) is 0 Å². The number of halogens is 9. The summed E-state index contributed by atoms with van der Waals surface area (Å²) in [5, 5.41) is 5.84. The first-order valence-electron chi connectivity index (χ1n) is 11.0. The van der Waals surface area contributed by atoms with E-state index < -0.39 is 41.3 Å². The number of hydrogen-bond donors (Lipinski definition) is 2. The zero-order chi connectivity index (χ0) is 28.2. The van der Waals surface area contributed by atoms with Gasteiger partial charge >= 0.3 is 18.5 Å². The number of rotatable bonds is 5. The Balaban J connectivity index is 0.000000717. The first-order chi connectivity index (χ1) is 16.9. The molecule has 2 unspecified atom stereocenters. The van der Waals surface area contributed by atoms with Gasteiger partial charge in [0.15, 0.2) is 0 Å². The van der Waals surface area contributed by atoms with Crippen LogP contribution in [0.15, 0.2) is 36.4 Å². The zero-order valence-electron chi connectivity index (χ0n) is 19.9. The molecule has 0 bridgehead atoms. The molecule has 2 aromatic carbocycles. The topological polar surface area (TPSA) is 50.4 Å². The summed E-state index contributed by atoms with van der Waals surface area (Å²) in [6.45, 7) is 5.43. The highest BCUT2D eigenvalue weighted by Crippen LogP contribution is 2.39. The predicted octanol–water partition coefficient (Wildman–Crippen LogP) is 7.35. The minimum Gasteiger partial charge on any atom is -0.465 e. The Kier molecular flexibility index (Phi) is 9.50. The fourth-order valence-electron chi connectivity index (χ4n) is 3.63. The zero-order valence-corrected chi connectivity index (χ0v) is 19.9. The normalized spacial score (nSPS) is 17.9. The molecule has 0 aromatic heterocycles. The fourth-order valence-corrected chi connectivity index (χ4v) is 3.63. The Hall–Kier alpha value is -2.96. The Morgan fingerprint density at radius 3 is 1.89 bits per heavy atom. The molecule has 1 heterocycles. The number of hydrogen-bond acceptors (Lipinski definition) is 4. The van der Waals surface area contributed by atoms with Crippen molar-refractivity contribution in [1.82, 2.24) is 5.32 Å². The Morgan fingerprint density at radius 1 is 0.919 bits per heavy atom. The number of ether oxygens (including phenoxy) is 1. The van der Waals surface area contributed by atoms with Crippen LogP contribution in [0.2, 0.25) is 0 Å². The smallest absolute Gasteiger partial charge is 0.416 e. The third-order valence-electron chi connectivity index (χ3n) is 5.27. The molecule has 2 N–H and O–H groups in total. The van der Waals surface area contributed by atoms with Gasteiger partial charge in [-0.2, -0.15) is 39.5 Å². The number of carbonyl (C=O) groups is 1. The molecule has 1 aliphatic heterocycles. The minimum atomic E-state index is -4.98. The molecule has 0 spiro atoms. The highest BCUT2D eigenvalue weighted by atomic mass is 19.4. The summed E-state index contributed by atoms with van der Waals surface area (Å²) in [5.41, 5.74) is -3.40. The fraction of sp³-hybridized carbons (Fsp3) is 0.458. The summed E-state index contributed by atoms with van der Waals surface area (Å²) in [6, 6.07) is 3.45. The van der Waals surface area contributed by atoms with Gasteiger partial charge in [0.2, 0.25) is 0 Å². The van der Waals surface area contributed by atoms with Crippen molar-refractivity contribution in [2.75, 3.05) is 5.32 Å². The molecule has 2 atom stereocenters. The van der Waals surface area contributed by atoms with E-state index in [2.05, 4.69) is 15.4 Å². The van der Waals surface area contributed by atoms with Crippen LogP contribution in [0.3, 0.4) is 0 Å². The van der Waals surface area contributed by atoms with E-state index in [-0.39, 0.29) is 35.9 Å². The molecule has 0 amide bonds. The van der Waals surface area contributed by atoms with Gasteiger partial charge in [-0.1, -0.05) is 0 Å². The van der Waals surface area contributed by atoms with Gasteiger partial charge in [-0.3, -0.25) is 4.79 Å². The van der Waals surface area contributed by atoms with E-state index in [4.69, 9.17) is 0 Å². The van der Waals surface area contributed by atoms with Gasteiger partial charge in [-0.25, -0.2) is 0 Å². The lowest BCUT2D eigenvalue weighted by atomic mass is 9.91. The molecule has 3 rings (SSSR count). The van der Waals surface area contributed by atoms with Crippen LogP contribution in [0.1, 0.15) is 61.1 Å². The largest absolute Gasteiger partial charge is 0.465 e. The van der Waals surface area contributed by atoms with Crippen molar-refractivity contribution in [1.29, 1.82) is 0 Å². The monoisotopic (exact) mass is 544 g/mol. The van der Waals surface area contributed by atoms with Gasteiger partial charge in [0.05, 0.1) is 22.8 Å². The number of alkyl halides is 9. The second-order valence-corrected chi connectivity index (χ2v) is 8.71. The first kappa shape index (κ1) is 30.3. The van der Waals surface area contributed by atoms with Crippen molar-refractivity contribution in [2.24, 2.45) is 0 Å². The van der Waals surface area contributed by atoms with Crippen molar-refractivity contribution >= 4 is 12.2 Å². The van der Waals surface area contributed by atoms with Gasteiger partial charge in [0.25, 0.3) is 6.47 Å². The molecule has 2 aromatic rings. The van der Waals surface area contributed by atoms with E-state index in [0.29, 0.717) is 30.7 Å². The summed E-state index contributed by atoms with van der Waals surface area (Å²) in [7, 11) is 0. The molecular weight excluding hydrogens is 519 g/mol. The van der Waals surface area contributed by atoms with Crippen molar-refractivity contribution < 1.29 is 49.0 Å². The second kappa shape index (κ2) is 11.6. The van der Waals surface area contributed by atoms with Crippen LogP contribution in [-0.4, -0.2) is 18.6 Å². The lowest BCUT2D eigenvalue weighted by molar-refractivity contribution is -0.143. The predicted molar refractivity (Wildman–Crippen MR) is 117 cm³/mol. The summed E-state index contributed by atoms with van der Waals surface area (Å²) in [6.07, 6.45) is -14.2. The van der Waals surface area contributed by atoms with Crippen molar-refractivity contribution in [3.05, 3.63) is 64.2 Å². The maximum atomic E-state index is 13.1. The van der Waals surface area contributed by atoms with E-state index in [1.54, 1.807) is 20.8 Å². The number of benzene rings is 2. The van der Waals surface area contributed by atoms with Crippen molar-refractivity contribution in [2.45, 2.75) is 70.5 Å². The summed E-state index contributed by atoms with van der Waals surface area (Å²) in [4.78, 5) is 9.39. The molecule has 0 saturated carbocycles. The van der Waals surface area contributed by atoms with Crippen LogP contribution < -0.4 is 10.6 Å². The van der Waals surface area contributed by atoms with E-state index in [0.717, 1.165) is 12.1 Å². The molecule has 0 fully saturated rings. The number of nitrogens with one attached hydrogen (secondary N) is 2. The average molecular weight is 544 g/mol. The van der Waals surface area contributed by atoms with Crippen molar-refractivity contribution in [3.8, 4) is 0 Å². The van der Waals surface area contributed by atoms with Gasteiger partial charge in [0.1, 0.15) is 0 Å². The lowest BCUT2D eigenvalue weighted by Gasteiger charge is -2.33. The summed E-state index contributed by atoms with van der Waals surface area (Å²) >= 11 is 0. The average Bonchev–Trinajstić information content (AvgIpc) is 2.75. The van der Waals surface area contributed by atoms with E-state index in [1.165, 1.54) is 6.07 Å². The van der Waals surface area contributed by atoms with Crippen LogP contribution >= 0.6 is 0 Å². The Bertz CT molecular complexity index is 1030.